The highest BCUT2D eigenvalue weighted by atomic mass is 15.3. The van der Waals surface area contributed by atoms with Crippen LogP contribution >= 0.6 is 0 Å². The van der Waals surface area contributed by atoms with Crippen molar-refractivity contribution in [3.8, 4) is 0 Å². The summed E-state index contributed by atoms with van der Waals surface area (Å²) in [5, 5.41) is 3.09. The smallest absolute Gasteiger partial charge is 0.300 e. The third-order valence-corrected chi connectivity index (χ3v) is 3.07. The number of anilines is 1. The molecule has 6 nitrogen and oxygen atoms in total. The van der Waals surface area contributed by atoms with Gasteiger partial charge in [0.2, 0.25) is 0 Å². The number of hydrogen-bond donors (Lipinski definition) is 2. The molecule has 18 heavy (non-hydrogen) atoms. The molecule has 0 unspecified atom stereocenters. The topological polar surface area (TPSA) is 70.1 Å². The molecule has 1 saturated heterocycles. The maximum Gasteiger partial charge on any atom is 0.350 e. The van der Waals surface area contributed by atoms with Crippen LogP contribution in [0, 0.1) is 13.8 Å². The van der Waals surface area contributed by atoms with Crippen LogP contribution in [-0.4, -0.2) is 58.6 Å². The Morgan fingerprint density at radius 1 is 1.28 bits per heavy atom. The average molecular weight is 249 g/mol. The quantitative estimate of drug-likeness (QED) is 0.532. The normalized spacial score (nSPS) is 16.7. The van der Waals surface area contributed by atoms with E-state index >= 15 is 0 Å². The molecule has 0 atom stereocenters. The van der Waals surface area contributed by atoms with Gasteiger partial charge >= 0.3 is 5.96 Å². The van der Waals surface area contributed by atoms with E-state index in [9.17, 15) is 0 Å². The molecule has 1 aliphatic rings. The molecule has 0 aromatic carbocycles. The molecule has 0 amide bonds. The van der Waals surface area contributed by atoms with Gasteiger partial charge in [0, 0.05) is 24.5 Å². The Hall–Kier alpha value is -1.69. The molecule has 1 aromatic heterocycles. The summed E-state index contributed by atoms with van der Waals surface area (Å²) < 4.78 is 2.13. The van der Waals surface area contributed by atoms with E-state index in [1.807, 2.05) is 19.9 Å². The Morgan fingerprint density at radius 2 is 1.83 bits per heavy atom. The van der Waals surface area contributed by atoms with Gasteiger partial charge < -0.3 is 4.90 Å². The summed E-state index contributed by atoms with van der Waals surface area (Å²) in [6, 6.07) is 1.94. The van der Waals surface area contributed by atoms with Crippen LogP contribution in [0.25, 0.3) is 0 Å². The summed E-state index contributed by atoms with van der Waals surface area (Å²) in [6.45, 7) is 7.81. The Bertz CT molecular complexity index is 437. The zero-order chi connectivity index (χ0) is 13.1. The van der Waals surface area contributed by atoms with Crippen molar-refractivity contribution in [3.05, 3.63) is 17.5 Å². The molecule has 1 aromatic rings. The minimum atomic E-state index is 0.573. The molecule has 0 spiro atoms. The van der Waals surface area contributed by atoms with Crippen LogP contribution in [-0.2, 0) is 0 Å². The highest BCUT2D eigenvalue weighted by Crippen LogP contribution is 2.03. The van der Waals surface area contributed by atoms with E-state index in [1.54, 1.807) is 0 Å². The molecule has 6 heteroatoms. The fraction of sp³-hybridized carbons (Fsp3) is 0.583. The van der Waals surface area contributed by atoms with Gasteiger partial charge in [-0.15, -0.1) is 0 Å². The van der Waals surface area contributed by atoms with Gasteiger partial charge in [-0.2, -0.15) is 0 Å². The third kappa shape index (κ3) is 3.16. The van der Waals surface area contributed by atoms with Crippen LogP contribution in [0.3, 0.4) is 0 Å². The number of piperazine rings is 1. The number of likely N-dealkylation sites (N-methyl/N-ethyl adjacent to an activating group) is 1. The number of aromatic nitrogens is 2. The van der Waals surface area contributed by atoms with E-state index in [-0.39, 0.29) is 0 Å². The lowest BCUT2D eigenvalue weighted by molar-refractivity contribution is -0.540. The van der Waals surface area contributed by atoms with Crippen molar-refractivity contribution in [3.63, 3.8) is 0 Å². The number of rotatable bonds is 1. The standard InChI is InChI=1S/C12H20N6/c1-9-8-10(2)15-12(14-9)16-11(13)18-6-4-17(3)5-7-18/h8H,4-7H2,1-3H3,(H2,13,14,15,16)/p+1. The number of nitrogens with one attached hydrogen (secondary N) is 1. The van der Waals surface area contributed by atoms with Crippen LogP contribution in [0.4, 0.5) is 5.95 Å². The van der Waals surface area contributed by atoms with Crippen LogP contribution in [0.1, 0.15) is 11.4 Å². The maximum absolute atomic E-state index is 6.06. The van der Waals surface area contributed by atoms with Crippen LogP contribution in [0.2, 0.25) is 0 Å². The van der Waals surface area contributed by atoms with Gasteiger partial charge in [0.1, 0.15) is 0 Å². The lowest BCUT2D eigenvalue weighted by Crippen LogP contribution is -2.46. The van der Waals surface area contributed by atoms with Crippen molar-refractivity contribution in [1.29, 1.82) is 0 Å². The van der Waals surface area contributed by atoms with Gasteiger partial charge in [0.25, 0.3) is 5.95 Å². The second-order valence-electron chi connectivity index (χ2n) is 4.77. The Labute approximate surface area is 108 Å². The summed E-state index contributed by atoms with van der Waals surface area (Å²) in [5.74, 6) is 1.21. The van der Waals surface area contributed by atoms with E-state index in [0.717, 1.165) is 37.6 Å². The second-order valence-corrected chi connectivity index (χ2v) is 4.77. The minimum Gasteiger partial charge on any atom is -0.300 e. The van der Waals surface area contributed by atoms with E-state index in [1.165, 1.54) is 0 Å². The molecule has 0 saturated carbocycles. The Kier molecular flexibility index (Phi) is 3.76. The molecule has 98 valence electrons. The Balaban J connectivity index is 2.10. The van der Waals surface area contributed by atoms with Gasteiger partial charge in [0.15, 0.2) is 0 Å². The van der Waals surface area contributed by atoms with E-state index in [0.29, 0.717) is 11.9 Å². The molecule has 0 aliphatic carbocycles. The van der Waals surface area contributed by atoms with Gasteiger partial charge in [-0.05, 0) is 27.0 Å². The predicted octanol–water partition coefficient (Wildman–Crippen LogP) is -0.222. The first kappa shape index (κ1) is 12.8. The molecular formula is C12H21N6+. The molecule has 2 rings (SSSR count). The molecule has 2 heterocycles. The molecule has 0 radical (unpaired) electrons. The molecule has 1 aliphatic heterocycles. The van der Waals surface area contributed by atoms with Crippen LogP contribution < -0.4 is 11.1 Å². The summed E-state index contributed by atoms with van der Waals surface area (Å²) >= 11 is 0. The SMILES string of the molecule is Cc1cc(C)nc(NC(N)=[N+]2CCN(C)CC2)n1. The molecule has 1 fully saturated rings. The minimum absolute atomic E-state index is 0.573. The van der Waals surface area contributed by atoms with Gasteiger partial charge in [0.05, 0.1) is 13.1 Å². The zero-order valence-corrected chi connectivity index (χ0v) is 11.3. The van der Waals surface area contributed by atoms with E-state index in [2.05, 4.69) is 31.8 Å². The molecular weight excluding hydrogens is 228 g/mol. The van der Waals surface area contributed by atoms with Gasteiger partial charge in [-0.25, -0.2) is 15.3 Å². The monoisotopic (exact) mass is 249 g/mol. The summed E-state index contributed by atoms with van der Waals surface area (Å²) in [4.78, 5) is 10.9. The molecule has 3 N–H and O–H groups in total. The number of hydrogen-bond acceptors (Lipinski definition) is 3. The van der Waals surface area contributed by atoms with Crippen molar-refractivity contribution in [2.24, 2.45) is 5.73 Å². The summed E-state index contributed by atoms with van der Waals surface area (Å²) in [6.07, 6.45) is 0. The number of nitrogens with zero attached hydrogens (tertiary/aromatic N) is 4. The van der Waals surface area contributed by atoms with Crippen molar-refractivity contribution in [2.75, 3.05) is 38.5 Å². The summed E-state index contributed by atoms with van der Waals surface area (Å²) in [5.41, 5.74) is 7.94. The van der Waals surface area contributed by atoms with Crippen molar-refractivity contribution in [2.45, 2.75) is 13.8 Å². The van der Waals surface area contributed by atoms with Crippen LogP contribution in [0.15, 0.2) is 6.07 Å². The zero-order valence-electron chi connectivity index (χ0n) is 11.3. The summed E-state index contributed by atoms with van der Waals surface area (Å²) in [7, 11) is 2.12. The second kappa shape index (κ2) is 5.30. The predicted molar refractivity (Wildman–Crippen MR) is 71.8 cm³/mol. The van der Waals surface area contributed by atoms with E-state index < -0.39 is 0 Å². The Morgan fingerprint density at radius 3 is 2.39 bits per heavy atom. The van der Waals surface area contributed by atoms with Crippen molar-refractivity contribution in [1.82, 2.24) is 14.9 Å². The lowest BCUT2D eigenvalue weighted by atomic mass is 10.3. The van der Waals surface area contributed by atoms with Gasteiger partial charge in [-0.3, -0.25) is 10.3 Å². The average Bonchev–Trinajstić information content (AvgIpc) is 2.28. The number of guanidine groups is 1. The van der Waals surface area contributed by atoms with Crippen molar-refractivity contribution < 1.29 is 4.58 Å². The fourth-order valence-corrected chi connectivity index (χ4v) is 2.02. The first-order valence-electron chi connectivity index (χ1n) is 6.20. The van der Waals surface area contributed by atoms with E-state index in [4.69, 9.17) is 5.73 Å². The maximum atomic E-state index is 6.06. The van der Waals surface area contributed by atoms with Gasteiger partial charge in [-0.1, -0.05) is 0 Å². The largest absolute Gasteiger partial charge is 0.350 e. The van der Waals surface area contributed by atoms with Crippen LogP contribution in [0.5, 0.6) is 0 Å². The highest BCUT2D eigenvalue weighted by Gasteiger charge is 2.16. The molecule has 0 bridgehead atoms. The van der Waals surface area contributed by atoms with Crippen molar-refractivity contribution >= 4 is 11.9 Å². The lowest BCUT2D eigenvalue weighted by Gasteiger charge is -2.24. The first-order valence-corrected chi connectivity index (χ1v) is 6.20. The third-order valence-electron chi connectivity index (χ3n) is 3.07. The first-order chi connectivity index (χ1) is 8.54. The fourth-order valence-electron chi connectivity index (χ4n) is 2.02. The number of aryl methyl sites for hydroxylation is 2. The number of nitrogens with two attached hydrogens (primary N) is 1. The highest BCUT2D eigenvalue weighted by molar-refractivity contribution is 5.86.